The van der Waals surface area contributed by atoms with Gasteiger partial charge in [-0.1, -0.05) is 36.4 Å². The second kappa shape index (κ2) is 5.71. The quantitative estimate of drug-likeness (QED) is 0.721. The fourth-order valence-corrected chi connectivity index (χ4v) is 4.25. The fourth-order valence-electron chi connectivity index (χ4n) is 2.06. The number of nitrogens with zero attached hydrogens (tertiary/aromatic N) is 1. The van der Waals surface area contributed by atoms with E-state index in [-0.39, 0.29) is 4.90 Å². The van der Waals surface area contributed by atoms with E-state index in [2.05, 4.69) is 0 Å². The summed E-state index contributed by atoms with van der Waals surface area (Å²) in [6.07, 6.45) is 0. The van der Waals surface area contributed by atoms with Gasteiger partial charge in [0.2, 0.25) is 0 Å². The van der Waals surface area contributed by atoms with Crippen molar-refractivity contribution >= 4 is 32.7 Å². The average molecular weight is 315 g/mol. The summed E-state index contributed by atoms with van der Waals surface area (Å²) >= 11 is 1.47. The van der Waals surface area contributed by atoms with Crippen molar-refractivity contribution in [3.63, 3.8) is 0 Å². The van der Waals surface area contributed by atoms with Crippen molar-refractivity contribution in [2.24, 2.45) is 0 Å². The number of anilines is 2. The minimum Gasteiger partial charge on any atom is -0.234 e. The van der Waals surface area contributed by atoms with Crippen molar-refractivity contribution in [1.82, 2.24) is 0 Å². The molecule has 0 amide bonds. The highest BCUT2D eigenvalue weighted by molar-refractivity contribution is 7.93. The molecule has 0 saturated heterocycles. The standard InChI is InChI=1S/C16H13NO2S2/c18-21(19,16-9-5-2-6-10-16)17(15-11-12-20-13-15)14-7-3-1-4-8-14/h1-13H. The number of hydrogen-bond donors (Lipinski definition) is 0. The van der Waals surface area contributed by atoms with Gasteiger partial charge in [-0.25, -0.2) is 12.7 Å². The van der Waals surface area contributed by atoms with Gasteiger partial charge in [0.15, 0.2) is 0 Å². The Hall–Kier alpha value is -2.11. The van der Waals surface area contributed by atoms with Crippen LogP contribution in [-0.4, -0.2) is 8.42 Å². The van der Waals surface area contributed by atoms with Crippen LogP contribution >= 0.6 is 11.3 Å². The maximum atomic E-state index is 13.0. The first-order valence-electron chi connectivity index (χ1n) is 6.37. The highest BCUT2D eigenvalue weighted by atomic mass is 32.2. The molecule has 21 heavy (non-hydrogen) atoms. The highest BCUT2D eigenvalue weighted by Crippen LogP contribution is 2.33. The molecule has 5 heteroatoms. The number of benzene rings is 2. The monoisotopic (exact) mass is 315 g/mol. The Morgan fingerprint density at radius 1 is 0.762 bits per heavy atom. The van der Waals surface area contributed by atoms with E-state index in [0.29, 0.717) is 11.4 Å². The number of para-hydroxylation sites is 1. The van der Waals surface area contributed by atoms with Crippen LogP contribution in [0.1, 0.15) is 0 Å². The Labute approximate surface area is 128 Å². The van der Waals surface area contributed by atoms with Gasteiger partial charge in [-0.2, -0.15) is 11.3 Å². The van der Waals surface area contributed by atoms with Gasteiger partial charge in [0.25, 0.3) is 10.0 Å². The van der Waals surface area contributed by atoms with E-state index in [1.54, 1.807) is 48.5 Å². The lowest BCUT2D eigenvalue weighted by Gasteiger charge is -2.23. The van der Waals surface area contributed by atoms with Gasteiger partial charge in [0, 0.05) is 5.38 Å². The molecule has 0 N–H and O–H groups in total. The van der Waals surface area contributed by atoms with Gasteiger partial charge in [0.1, 0.15) is 0 Å². The molecule has 0 aliphatic carbocycles. The van der Waals surface area contributed by atoms with E-state index in [1.807, 2.05) is 29.0 Å². The minimum absolute atomic E-state index is 0.278. The van der Waals surface area contributed by atoms with Crippen LogP contribution in [0.15, 0.2) is 82.4 Å². The van der Waals surface area contributed by atoms with E-state index >= 15 is 0 Å². The minimum atomic E-state index is -3.64. The van der Waals surface area contributed by atoms with Gasteiger partial charge in [0.05, 0.1) is 16.3 Å². The molecular weight excluding hydrogens is 302 g/mol. The normalized spacial score (nSPS) is 11.2. The van der Waals surface area contributed by atoms with E-state index in [9.17, 15) is 8.42 Å². The van der Waals surface area contributed by atoms with Crippen molar-refractivity contribution in [1.29, 1.82) is 0 Å². The fraction of sp³-hybridized carbons (Fsp3) is 0. The molecule has 0 atom stereocenters. The Morgan fingerprint density at radius 3 is 1.95 bits per heavy atom. The Bertz CT molecular complexity index is 798. The maximum absolute atomic E-state index is 13.0. The molecular formula is C16H13NO2S2. The molecule has 0 radical (unpaired) electrons. The van der Waals surface area contributed by atoms with Gasteiger partial charge in [-0.05, 0) is 35.7 Å². The summed E-state index contributed by atoms with van der Waals surface area (Å²) in [6.45, 7) is 0. The lowest BCUT2D eigenvalue weighted by atomic mass is 10.3. The zero-order valence-corrected chi connectivity index (χ0v) is 12.7. The number of thiophene rings is 1. The molecule has 2 aromatic carbocycles. The SMILES string of the molecule is O=S(=O)(c1ccccc1)N(c1ccccc1)c1ccsc1. The van der Waals surface area contributed by atoms with Crippen LogP contribution in [0.4, 0.5) is 11.4 Å². The molecule has 3 rings (SSSR count). The summed E-state index contributed by atoms with van der Waals surface area (Å²) < 4.78 is 27.3. The average Bonchev–Trinajstić information content (AvgIpc) is 3.03. The number of rotatable bonds is 4. The third-order valence-electron chi connectivity index (χ3n) is 3.01. The number of sulfonamides is 1. The van der Waals surface area contributed by atoms with Crippen LogP contribution in [0.3, 0.4) is 0 Å². The number of hydrogen-bond acceptors (Lipinski definition) is 3. The van der Waals surface area contributed by atoms with Crippen molar-refractivity contribution in [3.05, 3.63) is 77.5 Å². The molecule has 3 aromatic rings. The zero-order chi connectivity index (χ0) is 14.7. The van der Waals surface area contributed by atoms with Crippen LogP contribution in [0.25, 0.3) is 0 Å². The van der Waals surface area contributed by atoms with Crippen molar-refractivity contribution in [2.45, 2.75) is 4.90 Å². The molecule has 0 aliphatic rings. The van der Waals surface area contributed by atoms with Crippen LogP contribution < -0.4 is 4.31 Å². The Kier molecular flexibility index (Phi) is 3.77. The van der Waals surface area contributed by atoms with Crippen LogP contribution in [-0.2, 0) is 10.0 Å². The lowest BCUT2D eigenvalue weighted by molar-refractivity contribution is 0.596. The molecule has 106 valence electrons. The van der Waals surface area contributed by atoms with Gasteiger partial charge >= 0.3 is 0 Å². The molecule has 1 heterocycles. The second-order valence-electron chi connectivity index (χ2n) is 4.40. The zero-order valence-electron chi connectivity index (χ0n) is 11.1. The molecule has 0 spiro atoms. The molecule has 0 unspecified atom stereocenters. The molecule has 0 aliphatic heterocycles. The van der Waals surface area contributed by atoms with Crippen molar-refractivity contribution < 1.29 is 8.42 Å². The molecule has 0 bridgehead atoms. The van der Waals surface area contributed by atoms with Crippen LogP contribution in [0, 0.1) is 0 Å². The Balaban J connectivity index is 2.17. The van der Waals surface area contributed by atoms with Gasteiger partial charge < -0.3 is 0 Å². The summed E-state index contributed by atoms with van der Waals surface area (Å²) in [5.41, 5.74) is 1.27. The summed E-state index contributed by atoms with van der Waals surface area (Å²) in [7, 11) is -3.64. The maximum Gasteiger partial charge on any atom is 0.268 e. The molecule has 0 fully saturated rings. The topological polar surface area (TPSA) is 37.4 Å². The van der Waals surface area contributed by atoms with E-state index in [4.69, 9.17) is 0 Å². The highest BCUT2D eigenvalue weighted by Gasteiger charge is 2.26. The van der Waals surface area contributed by atoms with Gasteiger partial charge in [-0.15, -0.1) is 0 Å². The molecule has 3 nitrogen and oxygen atoms in total. The summed E-state index contributed by atoms with van der Waals surface area (Å²) in [6, 6.07) is 19.4. The lowest BCUT2D eigenvalue weighted by Crippen LogP contribution is -2.25. The van der Waals surface area contributed by atoms with Crippen molar-refractivity contribution in [2.75, 3.05) is 4.31 Å². The van der Waals surface area contributed by atoms with Crippen LogP contribution in [0.5, 0.6) is 0 Å². The summed E-state index contributed by atoms with van der Waals surface area (Å²) in [5.74, 6) is 0. The van der Waals surface area contributed by atoms with E-state index < -0.39 is 10.0 Å². The predicted molar refractivity (Wildman–Crippen MR) is 86.5 cm³/mol. The van der Waals surface area contributed by atoms with Gasteiger partial charge in [-0.3, -0.25) is 0 Å². The second-order valence-corrected chi connectivity index (χ2v) is 6.97. The third-order valence-corrected chi connectivity index (χ3v) is 5.45. The third kappa shape index (κ3) is 2.70. The predicted octanol–water partition coefficient (Wildman–Crippen LogP) is 4.28. The van der Waals surface area contributed by atoms with E-state index in [0.717, 1.165) is 0 Å². The summed E-state index contributed by atoms with van der Waals surface area (Å²) in [4.78, 5) is 0.278. The first kappa shape index (κ1) is 13.9. The van der Waals surface area contributed by atoms with Crippen molar-refractivity contribution in [3.8, 4) is 0 Å². The van der Waals surface area contributed by atoms with Crippen LogP contribution in [0.2, 0.25) is 0 Å². The smallest absolute Gasteiger partial charge is 0.234 e. The first-order chi connectivity index (χ1) is 10.2. The molecule has 1 aromatic heterocycles. The molecule has 0 saturated carbocycles. The largest absolute Gasteiger partial charge is 0.268 e. The first-order valence-corrected chi connectivity index (χ1v) is 8.75. The van der Waals surface area contributed by atoms with E-state index in [1.165, 1.54) is 15.6 Å². The Morgan fingerprint density at radius 2 is 1.38 bits per heavy atom. The summed E-state index contributed by atoms with van der Waals surface area (Å²) in [5, 5.41) is 3.69.